The number of rotatable bonds is 7. The molecule has 4 aromatic rings. The molecule has 0 unspecified atom stereocenters. The Bertz CT molecular complexity index is 1230. The average Bonchev–Trinajstić information content (AvgIpc) is 3.13. The Morgan fingerprint density at radius 1 is 1.03 bits per heavy atom. The van der Waals surface area contributed by atoms with Gasteiger partial charge in [0, 0.05) is 55.2 Å². The number of carbonyl (C=O) groups is 1. The smallest absolute Gasteiger partial charge is 0.269 e. The van der Waals surface area contributed by atoms with Gasteiger partial charge in [-0.05, 0) is 22.8 Å². The summed E-state index contributed by atoms with van der Waals surface area (Å²) in [5, 5.41) is 15.4. The van der Waals surface area contributed by atoms with Crippen LogP contribution in [0.2, 0.25) is 0 Å². The zero-order valence-electron chi connectivity index (χ0n) is 17.2. The molecule has 0 aliphatic rings. The van der Waals surface area contributed by atoms with Crippen molar-refractivity contribution in [3.05, 3.63) is 112 Å². The molecule has 0 spiro atoms. The normalized spacial score (nSPS) is 11.9. The Labute approximate surface area is 180 Å². The van der Waals surface area contributed by atoms with Crippen LogP contribution in [-0.4, -0.2) is 15.4 Å². The van der Waals surface area contributed by atoms with E-state index in [0.717, 1.165) is 27.6 Å². The van der Waals surface area contributed by atoms with Crippen LogP contribution in [0.25, 0.3) is 10.9 Å². The van der Waals surface area contributed by atoms with Crippen LogP contribution >= 0.6 is 0 Å². The van der Waals surface area contributed by atoms with Crippen LogP contribution in [0, 0.1) is 10.1 Å². The lowest BCUT2D eigenvalue weighted by atomic mass is 9.87. The third-order valence-electron chi connectivity index (χ3n) is 5.51. The van der Waals surface area contributed by atoms with E-state index in [0.29, 0.717) is 6.54 Å². The fourth-order valence-corrected chi connectivity index (χ4v) is 3.97. The van der Waals surface area contributed by atoms with Crippen LogP contribution in [0.15, 0.2) is 85.1 Å². The van der Waals surface area contributed by atoms with Crippen molar-refractivity contribution in [1.29, 1.82) is 0 Å². The standard InChI is InChI=1S/C25H23N3O3/c1-27-17-23(21-12-5-6-13-24(21)27)22(19-10-7-11-20(14-19)28(30)31)15-25(29)26-16-18-8-3-2-4-9-18/h2-14,17,22H,15-16H2,1H3,(H,26,29)/t22-/m0/s1. The van der Waals surface area contributed by atoms with Gasteiger partial charge in [0.15, 0.2) is 0 Å². The van der Waals surface area contributed by atoms with Gasteiger partial charge in [-0.1, -0.05) is 60.7 Å². The molecule has 0 aliphatic heterocycles. The summed E-state index contributed by atoms with van der Waals surface area (Å²) >= 11 is 0. The summed E-state index contributed by atoms with van der Waals surface area (Å²) in [5.41, 5.74) is 3.83. The minimum Gasteiger partial charge on any atom is -0.352 e. The Hall–Kier alpha value is -3.93. The highest BCUT2D eigenvalue weighted by molar-refractivity contribution is 5.86. The Morgan fingerprint density at radius 2 is 1.77 bits per heavy atom. The number of amides is 1. The van der Waals surface area contributed by atoms with Crippen LogP contribution in [0.4, 0.5) is 5.69 Å². The van der Waals surface area contributed by atoms with E-state index in [-0.39, 0.29) is 23.9 Å². The third kappa shape index (κ3) is 4.48. The van der Waals surface area contributed by atoms with Crippen molar-refractivity contribution in [2.45, 2.75) is 18.9 Å². The molecule has 1 heterocycles. The molecule has 0 radical (unpaired) electrons. The topological polar surface area (TPSA) is 77.2 Å². The van der Waals surface area contributed by atoms with E-state index < -0.39 is 4.92 Å². The quantitative estimate of drug-likeness (QED) is 0.345. The maximum atomic E-state index is 12.9. The summed E-state index contributed by atoms with van der Waals surface area (Å²) in [4.78, 5) is 23.8. The lowest BCUT2D eigenvalue weighted by molar-refractivity contribution is -0.384. The number of hydrogen-bond donors (Lipinski definition) is 1. The second kappa shape index (κ2) is 8.83. The molecule has 1 aromatic heterocycles. The molecule has 0 aliphatic carbocycles. The van der Waals surface area contributed by atoms with Crippen molar-refractivity contribution in [2.24, 2.45) is 7.05 Å². The van der Waals surface area contributed by atoms with Crippen molar-refractivity contribution in [1.82, 2.24) is 9.88 Å². The van der Waals surface area contributed by atoms with E-state index in [1.807, 2.05) is 78.5 Å². The summed E-state index contributed by atoms with van der Waals surface area (Å²) in [6, 6.07) is 24.3. The number of hydrogen-bond acceptors (Lipinski definition) is 3. The molecule has 0 saturated heterocycles. The van der Waals surface area contributed by atoms with E-state index in [1.165, 1.54) is 6.07 Å². The van der Waals surface area contributed by atoms with E-state index in [1.54, 1.807) is 12.1 Å². The van der Waals surface area contributed by atoms with E-state index in [9.17, 15) is 14.9 Å². The SMILES string of the molecule is Cn1cc([C@@H](CC(=O)NCc2ccccc2)c2cccc([N+](=O)[O-])c2)c2ccccc21. The highest BCUT2D eigenvalue weighted by Gasteiger charge is 2.23. The van der Waals surface area contributed by atoms with Crippen LogP contribution in [0.3, 0.4) is 0 Å². The Morgan fingerprint density at radius 3 is 2.55 bits per heavy atom. The molecule has 1 N–H and O–H groups in total. The van der Waals surface area contributed by atoms with Crippen molar-refractivity contribution < 1.29 is 9.72 Å². The van der Waals surface area contributed by atoms with Crippen molar-refractivity contribution in [3.63, 3.8) is 0 Å². The molecule has 6 nitrogen and oxygen atoms in total. The van der Waals surface area contributed by atoms with Crippen LogP contribution in [0.1, 0.15) is 29.0 Å². The van der Waals surface area contributed by atoms with E-state index >= 15 is 0 Å². The fourth-order valence-electron chi connectivity index (χ4n) is 3.97. The van der Waals surface area contributed by atoms with Crippen molar-refractivity contribution in [3.8, 4) is 0 Å². The molecule has 3 aromatic carbocycles. The van der Waals surface area contributed by atoms with Crippen LogP contribution in [-0.2, 0) is 18.4 Å². The van der Waals surface area contributed by atoms with Gasteiger partial charge >= 0.3 is 0 Å². The summed E-state index contributed by atoms with van der Waals surface area (Å²) in [6.07, 6.45) is 2.21. The highest BCUT2D eigenvalue weighted by atomic mass is 16.6. The van der Waals surface area contributed by atoms with Gasteiger partial charge in [-0.2, -0.15) is 0 Å². The molecule has 1 atom stereocenters. The zero-order valence-corrected chi connectivity index (χ0v) is 17.2. The first kappa shape index (κ1) is 20.3. The summed E-state index contributed by atoms with van der Waals surface area (Å²) in [7, 11) is 1.96. The van der Waals surface area contributed by atoms with E-state index in [4.69, 9.17) is 0 Å². The number of nitrogens with one attached hydrogen (secondary N) is 1. The Kier molecular flexibility index (Phi) is 5.80. The maximum absolute atomic E-state index is 12.9. The van der Waals surface area contributed by atoms with Crippen LogP contribution in [0.5, 0.6) is 0 Å². The molecule has 156 valence electrons. The minimum atomic E-state index is -0.404. The molecule has 31 heavy (non-hydrogen) atoms. The minimum absolute atomic E-state index is 0.0208. The number of non-ortho nitro benzene ring substituents is 1. The van der Waals surface area contributed by atoms with Crippen LogP contribution < -0.4 is 5.32 Å². The molecular formula is C25H23N3O3. The van der Waals surface area contributed by atoms with E-state index in [2.05, 4.69) is 5.32 Å². The monoisotopic (exact) mass is 413 g/mol. The van der Waals surface area contributed by atoms with Gasteiger partial charge in [-0.3, -0.25) is 14.9 Å². The molecule has 0 fully saturated rings. The number of para-hydroxylation sites is 1. The van der Waals surface area contributed by atoms with Gasteiger partial charge in [0.1, 0.15) is 0 Å². The highest BCUT2D eigenvalue weighted by Crippen LogP contribution is 2.35. The second-order valence-corrected chi connectivity index (χ2v) is 7.58. The lowest BCUT2D eigenvalue weighted by Crippen LogP contribution is -2.25. The first-order valence-electron chi connectivity index (χ1n) is 10.1. The summed E-state index contributed by atoms with van der Waals surface area (Å²) in [6.45, 7) is 0.441. The van der Waals surface area contributed by atoms with Gasteiger partial charge in [-0.25, -0.2) is 0 Å². The second-order valence-electron chi connectivity index (χ2n) is 7.58. The number of nitro groups is 1. The van der Waals surface area contributed by atoms with Gasteiger partial charge in [0.2, 0.25) is 5.91 Å². The Balaban J connectivity index is 1.68. The maximum Gasteiger partial charge on any atom is 0.269 e. The number of nitro benzene ring substituents is 1. The van der Waals surface area contributed by atoms with Gasteiger partial charge in [0.05, 0.1) is 4.92 Å². The number of aromatic nitrogens is 1. The van der Waals surface area contributed by atoms with Crippen molar-refractivity contribution >= 4 is 22.5 Å². The predicted octanol–water partition coefficient (Wildman–Crippen LogP) is 4.92. The van der Waals surface area contributed by atoms with Gasteiger partial charge in [0.25, 0.3) is 5.69 Å². The number of nitrogens with zero attached hydrogens (tertiary/aromatic N) is 2. The number of benzene rings is 3. The first-order valence-corrected chi connectivity index (χ1v) is 10.1. The predicted molar refractivity (Wildman–Crippen MR) is 121 cm³/mol. The molecule has 0 saturated carbocycles. The molecule has 0 bridgehead atoms. The lowest BCUT2D eigenvalue weighted by Gasteiger charge is -2.17. The average molecular weight is 413 g/mol. The number of fused-ring (bicyclic) bond motifs is 1. The van der Waals surface area contributed by atoms with Gasteiger partial charge in [-0.15, -0.1) is 0 Å². The fraction of sp³-hybridized carbons (Fsp3) is 0.160. The summed E-state index contributed by atoms with van der Waals surface area (Å²) < 4.78 is 2.02. The largest absolute Gasteiger partial charge is 0.352 e. The molecular weight excluding hydrogens is 390 g/mol. The molecule has 1 amide bonds. The summed E-state index contributed by atoms with van der Waals surface area (Å²) in [5.74, 6) is -0.407. The van der Waals surface area contributed by atoms with Gasteiger partial charge < -0.3 is 9.88 Å². The number of aryl methyl sites for hydroxylation is 1. The molecule has 6 heteroatoms. The van der Waals surface area contributed by atoms with Crippen molar-refractivity contribution in [2.75, 3.05) is 0 Å². The third-order valence-corrected chi connectivity index (χ3v) is 5.51. The first-order chi connectivity index (χ1) is 15.0. The zero-order chi connectivity index (χ0) is 21.8. The molecule has 4 rings (SSSR count). The number of carbonyl (C=O) groups excluding carboxylic acids is 1.